The van der Waals surface area contributed by atoms with Crippen molar-refractivity contribution in [2.24, 2.45) is 0 Å². The summed E-state index contributed by atoms with van der Waals surface area (Å²) < 4.78 is 0. The maximum atomic E-state index is 3.73. The maximum absolute atomic E-state index is 3.73. The highest BCUT2D eigenvalue weighted by Crippen LogP contribution is 2.06. The molecule has 0 bridgehead atoms. The van der Waals surface area contributed by atoms with Gasteiger partial charge >= 0.3 is 0 Å². The van der Waals surface area contributed by atoms with Crippen LogP contribution in [0.5, 0.6) is 0 Å². The van der Waals surface area contributed by atoms with Gasteiger partial charge in [-0.2, -0.15) is 11.3 Å². The lowest BCUT2D eigenvalue weighted by atomic mass is 10.1. The minimum atomic E-state index is 0.603. The van der Waals surface area contributed by atoms with Crippen molar-refractivity contribution in [3.05, 3.63) is 35.0 Å². The molecule has 0 saturated carbocycles. The fraction of sp³-hybridized carbons (Fsp3) is 0.500. The summed E-state index contributed by atoms with van der Waals surface area (Å²) in [5.74, 6) is 0. The second kappa shape index (κ2) is 6.80. The number of thiophene rings is 1. The summed E-state index contributed by atoms with van der Waals surface area (Å²) in [6.07, 6.45) is 5.42. The van der Waals surface area contributed by atoms with Crippen LogP contribution in [0.25, 0.3) is 0 Å². The minimum absolute atomic E-state index is 0.603. The summed E-state index contributed by atoms with van der Waals surface area (Å²) in [5.41, 5.74) is 1.44. The lowest BCUT2D eigenvalue weighted by Gasteiger charge is -2.11. The molecule has 0 amide bonds. The molecule has 0 fully saturated rings. The standard InChI is InChI=1S/C12H19NS/c1-3-4-5-11(2)13-8-6-12-7-9-14-10-12/h3,7,9-11,13H,1,4-6,8H2,2H3. The van der Waals surface area contributed by atoms with E-state index in [1.54, 1.807) is 11.3 Å². The third-order valence-electron chi connectivity index (χ3n) is 2.29. The number of rotatable bonds is 7. The second-order valence-electron chi connectivity index (χ2n) is 3.60. The zero-order chi connectivity index (χ0) is 10.2. The van der Waals surface area contributed by atoms with Crippen LogP contribution in [0.3, 0.4) is 0 Å². The Hall–Kier alpha value is -0.600. The highest BCUT2D eigenvalue weighted by molar-refractivity contribution is 7.07. The van der Waals surface area contributed by atoms with Crippen LogP contribution in [0.4, 0.5) is 0 Å². The van der Waals surface area contributed by atoms with Crippen molar-refractivity contribution in [3.8, 4) is 0 Å². The fourth-order valence-electron chi connectivity index (χ4n) is 1.37. The highest BCUT2D eigenvalue weighted by Gasteiger charge is 1.99. The van der Waals surface area contributed by atoms with Crippen LogP contribution in [0.15, 0.2) is 29.5 Å². The molecular weight excluding hydrogens is 190 g/mol. The predicted molar refractivity (Wildman–Crippen MR) is 64.9 cm³/mol. The van der Waals surface area contributed by atoms with E-state index < -0.39 is 0 Å². The third-order valence-corrected chi connectivity index (χ3v) is 3.02. The first-order chi connectivity index (χ1) is 6.83. The van der Waals surface area contributed by atoms with E-state index in [0.29, 0.717) is 6.04 Å². The summed E-state index contributed by atoms with van der Waals surface area (Å²) >= 11 is 1.77. The van der Waals surface area contributed by atoms with Crippen LogP contribution >= 0.6 is 11.3 Å². The van der Waals surface area contributed by atoms with Gasteiger partial charge in [0.2, 0.25) is 0 Å². The first kappa shape index (κ1) is 11.5. The van der Waals surface area contributed by atoms with Gasteiger partial charge in [-0.3, -0.25) is 0 Å². The quantitative estimate of drug-likeness (QED) is 0.680. The molecule has 1 atom stereocenters. The molecule has 0 aliphatic heterocycles. The molecule has 0 radical (unpaired) electrons. The Morgan fingerprint density at radius 2 is 2.50 bits per heavy atom. The summed E-state index contributed by atoms with van der Waals surface area (Å²) in [7, 11) is 0. The normalized spacial score (nSPS) is 12.6. The van der Waals surface area contributed by atoms with Crippen LogP contribution in [-0.4, -0.2) is 12.6 Å². The number of nitrogens with one attached hydrogen (secondary N) is 1. The Kier molecular flexibility index (Phi) is 5.57. The Bertz CT molecular complexity index is 241. The Morgan fingerprint density at radius 1 is 1.64 bits per heavy atom. The molecule has 14 heavy (non-hydrogen) atoms. The van der Waals surface area contributed by atoms with Gasteiger partial charge in [0.05, 0.1) is 0 Å². The molecular formula is C12H19NS. The summed E-state index contributed by atoms with van der Waals surface area (Å²) in [6, 6.07) is 2.80. The maximum Gasteiger partial charge on any atom is 0.00418 e. The smallest absolute Gasteiger partial charge is 0.00418 e. The van der Waals surface area contributed by atoms with Gasteiger partial charge < -0.3 is 5.32 Å². The van der Waals surface area contributed by atoms with Crippen molar-refractivity contribution >= 4 is 11.3 Å². The van der Waals surface area contributed by atoms with E-state index >= 15 is 0 Å². The van der Waals surface area contributed by atoms with Crippen molar-refractivity contribution in [1.82, 2.24) is 5.32 Å². The van der Waals surface area contributed by atoms with Crippen LogP contribution in [0.1, 0.15) is 25.3 Å². The van der Waals surface area contributed by atoms with E-state index in [1.165, 1.54) is 12.0 Å². The van der Waals surface area contributed by atoms with Crippen molar-refractivity contribution in [1.29, 1.82) is 0 Å². The molecule has 1 heterocycles. The van der Waals surface area contributed by atoms with E-state index in [9.17, 15) is 0 Å². The highest BCUT2D eigenvalue weighted by atomic mass is 32.1. The molecule has 78 valence electrons. The van der Waals surface area contributed by atoms with Crippen LogP contribution in [0, 0.1) is 0 Å². The molecule has 0 saturated heterocycles. The number of hydrogen-bond donors (Lipinski definition) is 1. The van der Waals surface area contributed by atoms with Gasteiger partial charge in [0.15, 0.2) is 0 Å². The largest absolute Gasteiger partial charge is 0.314 e. The van der Waals surface area contributed by atoms with E-state index in [2.05, 4.69) is 35.6 Å². The third kappa shape index (κ3) is 4.58. The molecule has 0 aromatic carbocycles. The molecule has 1 N–H and O–H groups in total. The average molecular weight is 209 g/mol. The van der Waals surface area contributed by atoms with Crippen molar-refractivity contribution in [2.45, 2.75) is 32.2 Å². The van der Waals surface area contributed by atoms with Crippen molar-refractivity contribution in [3.63, 3.8) is 0 Å². The van der Waals surface area contributed by atoms with Gasteiger partial charge in [-0.15, -0.1) is 6.58 Å². The number of allylic oxidation sites excluding steroid dienone is 1. The van der Waals surface area contributed by atoms with Gasteiger partial charge in [-0.05, 0) is 55.1 Å². The lowest BCUT2D eigenvalue weighted by Crippen LogP contribution is -2.27. The first-order valence-corrected chi connectivity index (χ1v) is 6.12. The van der Waals surface area contributed by atoms with Gasteiger partial charge in [0.25, 0.3) is 0 Å². The van der Waals surface area contributed by atoms with E-state index in [4.69, 9.17) is 0 Å². The second-order valence-corrected chi connectivity index (χ2v) is 4.38. The molecule has 2 heteroatoms. The van der Waals surface area contributed by atoms with Gasteiger partial charge in [-0.25, -0.2) is 0 Å². The molecule has 0 aliphatic carbocycles. The van der Waals surface area contributed by atoms with E-state index in [-0.39, 0.29) is 0 Å². The number of hydrogen-bond acceptors (Lipinski definition) is 2. The monoisotopic (exact) mass is 209 g/mol. The zero-order valence-corrected chi connectivity index (χ0v) is 9.65. The predicted octanol–water partition coefficient (Wildman–Crippen LogP) is 3.23. The molecule has 1 unspecified atom stereocenters. The van der Waals surface area contributed by atoms with Crippen LogP contribution in [0.2, 0.25) is 0 Å². The van der Waals surface area contributed by atoms with E-state index in [0.717, 1.165) is 19.4 Å². The first-order valence-electron chi connectivity index (χ1n) is 5.18. The Labute approximate surface area is 90.9 Å². The summed E-state index contributed by atoms with van der Waals surface area (Å²) in [5, 5.41) is 7.87. The molecule has 1 aromatic rings. The van der Waals surface area contributed by atoms with E-state index in [1.807, 2.05) is 6.08 Å². The molecule has 0 spiro atoms. The zero-order valence-electron chi connectivity index (χ0n) is 8.83. The van der Waals surface area contributed by atoms with Crippen molar-refractivity contribution < 1.29 is 0 Å². The molecule has 1 aromatic heterocycles. The van der Waals surface area contributed by atoms with Crippen LogP contribution < -0.4 is 5.32 Å². The molecule has 1 nitrogen and oxygen atoms in total. The van der Waals surface area contributed by atoms with Gasteiger partial charge in [-0.1, -0.05) is 6.08 Å². The minimum Gasteiger partial charge on any atom is -0.314 e. The Morgan fingerprint density at radius 3 is 3.14 bits per heavy atom. The summed E-state index contributed by atoms with van der Waals surface area (Å²) in [6.45, 7) is 7.04. The SMILES string of the molecule is C=CCCC(C)NCCc1ccsc1. The average Bonchev–Trinajstić information content (AvgIpc) is 2.67. The van der Waals surface area contributed by atoms with Crippen molar-refractivity contribution in [2.75, 3.05) is 6.54 Å². The van der Waals surface area contributed by atoms with Gasteiger partial charge in [0, 0.05) is 6.04 Å². The van der Waals surface area contributed by atoms with Gasteiger partial charge in [0.1, 0.15) is 0 Å². The Balaban J connectivity index is 2.06. The summed E-state index contributed by atoms with van der Waals surface area (Å²) in [4.78, 5) is 0. The van der Waals surface area contributed by atoms with Crippen LogP contribution in [-0.2, 0) is 6.42 Å². The lowest BCUT2D eigenvalue weighted by molar-refractivity contribution is 0.522. The fourth-order valence-corrected chi connectivity index (χ4v) is 2.07. The molecule has 1 rings (SSSR count). The topological polar surface area (TPSA) is 12.0 Å². The molecule has 0 aliphatic rings.